The van der Waals surface area contributed by atoms with E-state index in [0.29, 0.717) is 24.7 Å². The van der Waals surface area contributed by atoms with Crippen LogP contribution >= 0.6 is 0 Å². The molecular weight excluding hydrogens is 152 g/mol. The van der Waals surface area contributed by atoms with E-state index in [2.05, 4.69) is 13.8 Å². The van der Waals surface area contributed by atoms with E-state index >= 15 is 0 Å². The fourth-order valence-corrected chi connectivity index (χ4v) is 2.14. The normalized spacial score (nSPS) is 31.2. The number of carbonyl (C=O) groups is 2. The number of Topliss-reactive ketones (excluding diaryl/α,β-unsaturated/α-hetero) is 1. The molecular formula is C10H16O2. The summed E-state index contributed by atoms with van der Waals surface area (Å²) in [6.07, 6.45) is 2.23. The fraction of sp³-hybridized carbons (Fsp3) is 0.800. The zero-order chi connectivity index (χ0) is 9.35. The van der Waals surface area contributed by atoms with Gasteiger partial charge < -0.3 is 9.59 Å². The quantitative estimate of drug-likeness (QED) is 0.600. The van der Waals surface area contributed by atoms with Gasteiger partial charge in [-0.2, -0.15) is 0 Å². The maximum absolute atomic E-state index is 10.8. The Morgan fingerprint density at radius 2 is 2.00 bits per heavy atom. The van der Waals surface area contributed by atoms with Gasteiger partial charge in [-0.25, -0.2) is 0 Å². The van der Waals surface area contributed by atoms with Crippen LogP contribution in [-0.4, -0.2) is 12.1 Å². The molecule has 0 aromatic heterocycles. The van der Waals surface area contributed by atoms with Crippen LogP contribution in [0.2, 0.25) is 0 Å². The van der Waals surface area contributed by atoms with Gasteiger partial charge in [-0.15, -0.1) is 0 Å². The summed E-state index contributed by atoms with van der Waals surface area (Å²) < 4.78 is 0. The second kappa shape index (κ2) is 3.00. The highest BCUT2D eigenvalue weighted by Gasteiger charge is 2.56. The van der Waals surface area contributed by atoms with Gasteiger partial charge in [0.1, 0.15) is 12.1 Å². The molecule has 1 aliphatic rings. The van der Waals surface area contributed by atoms with Gasteiger partial charge in [-0.3, -0.25) is 0 Å². The van der Waals surface area contributed by atoms with Crippen LogP contribution in [0.5, 0.6) is 0 Å². The molecule has 68 valence electrons. The van der Waals surface area contributed by atoms with Crippen molar-refractivity contribution in [1.82, 2.24) is 0 Å². The van der Waals surface area contributed by atoms with E-state index in [9.17, 15) is 9.59 Å². The summed E-state index contributed by atoms with van der Waals surface area (Å²) >= 11 is 0. The van der Waals surface area contributed by atoms with Crippen molar-refractivity contribution in [3.05, 3.63) is 0 Å². The number of rotatable bonds is 4. The molecule has 0 aliphatic heterocycles. The molecule has 2 unspecified atom stereocenters. The van der Waals surface area contributed by atoms with Crippen LogP contribution < -0.4 is 0 Å². The molecule has 0 heterocycles. The molecule has 0 saturated heterocycles. The zero-order valence-corrected chi connectivity index (χ0v) is 7.96. The summed E-state index contributed by atoms with van der Waals surface area (Å²) in [5.74, 6) is 1.13. The smallest absolute Gasteiger partial charge is 0.130 e. The average molecular weight is 168 g/mol. The summed E-state index contributed by atoms with van der Waals surface area (Å²) in [5, 5.41) is 0. The fourth-order valence-electron chi connectivity index (χ4n) is 2.14. The maximum Gasteiger partial charge on any atom is 0.130 e. The first-order valence-electron chi connectivity index (χ1n) is 4.43. The van der Waals surface area contributed by atoms with Crippen molar-refractivity contribution in [1.29, 1.82) is 0 Å². The lowest BCUT2D eigenvalue weighted by Gasteiger charge is -1.98. The van der Waals surface area contributed by atoms with Crippen LogP contribution in [0.15, 0.2) is 0 Å². The average Bonchev–Trinajstić information content (AvgIpc) is 2.39. The lowest BCUT2D eigenvalue weighted by atomic mass is 10.1. The van der Waals surface area contributed by atoms with Crippen molar-refractivity contribution in [2.45, 2.75) is 33.6 Å². The van der Waals surface area contributed by atoms with E-state index in [1.54, 1.807) is 6.92 Å². The minimum Gasteiger partial charge on any atom is -0.303 e. The Balaban J connectivity index is 2.48. The van der Waals surface area contributed by atoms with Gasteiger partial charge in [0.15, 0.2) is 0 Å². The Morgan fingerprint density at radius 1 is 1.42 bits per heavy atom. The van der Waals surface area contributed by atoms with Crippen LogP contribution in [0, 0.1) is 17.3 Å². The van der Waals surface area contributed by atoms with Crippen molar-refractivity contribution in [3.8, 4) is 0 Å². The Labute approximate surface area is 73.3 Å². The highest BCUT2D eigenvalue weighted by Crippen LogP contribution is 2.61. The molecule has 12 heavy (non-hydrogen) atoms. The molecule has 0 N–H and O–H groups in total. The van der Waals surface area contributed by atoms with Gasteiger partial charge >= 0.3 is 0 Å². The highest BCUT2D eigenvalue weighted by atomic mass is 16.1. The third-order valence-corrected chi connectivity index (χ3v) is 3.15. The topological polar surface area (TPSA) is 34.1 Å². The summed E-state index contributed by atoms with van der Waals surface area (Å²) in [6.45, 7) is 5.88. The number of hydrogen-bond donors (Lipinski definition) is 0. The van der Waals surface area contributed by atoms with Gasteiger partial charge in [0.05, 0.1) is 0 Å². The molecule has 0 aromatic rings. The van der Waals surface area contributed by atoms with E-state index in [1.807, 2.05) is 0 Å². The molecule has 0 spiro atoms. The Bertz CT molecular complexity index is 206. The molecule has 0 aromatic carbocycles. The summed E-state index contributed by atoms with van der Waals surface area (Å²) in [5.41, 5.74) is 0.215. The first kappa shape index (κ1) is 9.43. The minimum atomic E-state index is 0.215. The van der Waals surface area contributed by atoms with Gasteiger partial charge in [-0.1, -0.05) is 13.8 Å². The largest absolute Gasteiger partial charge is 0.303 e. The maximum atomic E-state index is 10.8. The van der Waals surface area contributed by atoms with Crippen molar-refractivity contribution >= 4 is 12.1 Å². The van der Waals surface area contributed by atoms with E-state index < -0.39 is 0 Å². The molecule has 0 radical (unpaired) electrons. The highest BCUT2D eigenvalue weighted by molar-refractivity contribution is 5.76. The summed E-state index contributed by atoms with van der Waals surface area (Å²) in [6, 6.07) is 0. The van der Waals surface area contributed by atoms with Crippen molar-refractivity contribution < 1.29 is 9.59 Å². The Morgan fingerprint density at radius 3 is 2.42 bits per heavy atom. The summed E-state index contributed by atoms with van der Waals surface area (Å²) in [4.78, 5) is 21.1. The monoisotopic (exact) mass is 168 g/mol. The number of hydrogen-bond acceptors (Lipinski definition) is 2. The molecule has 2 heteroatoms. The van der Waals surface area contributed by atoms with Crippen LogP contribution in [0.25, 0.3) is 0 Å². The third kappa shape index (κ3) is 1.57. The van der Waals surface area contributed by atoms with E-state index in [4.69, 9.17) is 0 Å². The van der Waals surface area contributed by atoms with Gasteiger partial charge in [0.2, 0.25) is 0 Å². The predicted molar refractivity (Wildman–Crippen MR) is 46.7 cm³/mol. The molecule has 1 fully saturated rings. The third-order valence-electron chi connectivity index (χ3n) is 3.15. The van der Waals surface area contributed by atoms with E-state index in [0.717, 1.165) is 6.29 Å². The molecule has 1 rings (SSSR count). The van der Waals surface area contributed by atoms with Crippen LogP contribution in [0.3, 0.4) is 0 Å². The van der Waals surface area contributed by atoms with Crippen molar-refractivity contribution in [3.63, 3.8) is 0 Å². The van der Waals surface area contributed by atoms with Crippen LogP contribution in [-0.2, 0) is 9.59 Å². The molecule has 2 nitrogen and oxygen atoms in total. The first-order valence-corrected chi connectivity index (χ1v) is 4.43. The molecule has 0 bridgehead atoms. The molecule has 1 aliphatic carbocycles. The van der Waals surface area contributed by atoms with Gasteiger partial charge in [-0.05, 0) is 24.2 Å². The second-order valence-electron chi connectivity index (χ2n) is 4.34. The van der Waals surface area contributed by atoms with Crippen molar-refractivity contribution in [2.24, 2.45) is 17.3 Å². The van der Waals surface area contributed by atoms with E-state index in [-0.39, 0.29) is 11.2 Å². The lowest BCUT2D eigenvalue weighted by Crippen LogP contribution is -1.96. The SMILES string of the molecule is CC(=O)CC1C(CC=O)C1(C)C. The standard InChI is InChI=1S/C10H16O2/c1-7(12)6-9-8(4-5-11)10(9,2)3/h5,8-9H,4,6H2,1-3H3. The minimum absolute atomic E-state index is 0.215. The van der Waals surface area contributed by atoms with Crippen molar-refractivity contribution in [2.75, 3.05) is 0 Å². The van der Waals surface area contributed by atoms with Gasteiger partial charge in [0, 0.05) is 12.8 Å². The number of aldehydes is 1. The molecule has 0 amide bonds. The van der Waals surface area contributed by atoms with E-state index in [1.165, 1.54) is 0 Å². The van der Waals surface area contributed by atoms with Crippen LogP contribution in [0.4, 0.5) is 0 Å². The van der Waals surface area contributed by atoms with Gasteiger partial charge in [0.25, 0.3) is 0 Å². The van der Waals surface area contributed by atoms with Crippen LogP contribution in [0.1, 0.15) is 33.6 Å². The Kier molecular flexibility index (Phi) is 2.36. The summed E-state index contributed by atoms with van der Waals surface area (Å²) in [7, 11) is 0. The zero-order valence-electron chi connectivity index (χ0n) is 7.96. The Hall–Kier alpha value is -0.660. The first-order chi connectivity index (χ1) is 5.50. The second-order valence-corrected chi connectivity index (χ2v) is 4.34. The molecule has 1 saturated carbocycles. The number of ketones is 1. The number of carbonyl (C=O) groups excluding carboxylic acids is 2. The molecule has 2 atom stereocenters. The predicted octanol–water partition coefficient (Wildman–Crippen LogP) is 1.83. The lowest BCUT2D eigenvalue weighted by molar-refractivity contribution is -0.117.